The lowest BCUT2D eigenvalue weighted by Crippen LogP contribution is -2.24. The van der Waals surface area contributed by atoms with E-state index < -0.39 is 0 Å². The van der Waals surface area contributed by atoms with Gasteiger partial charge in [-0.25, -0.2) is 0 Å². The van der Waals surface area contributed by atoms with Crippen molar-refractivity contribution < 1.29 is 5.21 Å². The van der Waals surface area contributed by atoms with Crippen LogP contribution in [0.1, 0.15) is 30.4 Å². The monoisotopic (exact) mass is 276 g/mol. The van der Waals surface area contributed by atoms with Gasteiger partial charge in [-0.2, -0.15) is 0 Å². The first-order valence-corrected chi connectivity index (χ1v) is 7.29. The Morgan fingerprint density at radius 2 is 1.95 bits per heavy atom. The molecule has 1 aliphatic rings. The van der Waals surface area contributed by atoms with Crippen LogP contribution in [0.5, 0.6) is 0 Å². The number of nitrogens with zero attached hydrogens (tertiary/aromatic N) is 2. The first-order chi connectivity index (χ1) is 9.79. The maximum absolute atomic E-state index is 8.59. The molecule has 2 rings (SSSR count). The molecule has 1 aromatic rings. The second kappa shape index (κ2) is 7.87. The fraction of sp³-hybridized carbons (Fsp3) is 0.533. The first-order valence-electron chi connectivity index (χ1n) is 7.29. The molecule has 110 valence electrons. The van der Waals surface area contributed by atoms with Crippen LogP contribution in [0.3, 0.4) is 0 Å². The predicted octanol–water partition coefficient (Wildman–Crippen LogP) is 1.36. The average molecular weight is 276 g/mol. The van der Waals surface area contributed by atoms with Crippen LogP contribution in [0.25, 0.3) is 0 Å². The molecule has 0 bridgehead atoms. The number of oxime groups is 1. The number of hydrogen-bond donors (Lipinski definition) is 3. The number of rotatable bonds is 7. The number of likely N-dealkylation sites (tertiary alicyclic amines) is 1. The van der Waals surface area contributed by atoms with Gasteiger partial charge in [-0.1, -0.05) is 29.4 Å². The fourth-order valence-corrected chi connectivity index (χ4v) is 2.52. The molecule has 0 aromatic heterocycles. The van der Waals surface area contributed by atoms with E-state index in [1.54, 1.807) is 0 Å². The highest BCUT2D eigenvalue weighted by molar-refractivity contribution is 5.96. The van der Waals surface area contributed by atoms with Crippen molar-refractivity contribution >= 4 is 5.84 Å². The molecule has 0 unspecified atom stereocenters. The first kappa shape index (κ1) is 14.8. The number of hydrogen-bond acceptors (Lipinski definition) is 4. The van der Waals surface area contributed by atoms with Crippen LogP contribution in [0.2, 0.25) is 0 Å². The van der Waals surface area contributed by atoms with E-state index in [1.807, 2.05) is 24.3 Å². The largest absolute Gasteiger partial charge is 0.409 e. The number of nitrogens with one attached hydrogen (secondary N) is 1. The number of amidine groups is 1. The van der Waals surface area contributed by atoms with Gasteiger partial charge in [0.25, 0.3) is 0 Å². The van der Waals surface area contributed by atoms with E-state index in [1.165, 1.54) is 44.5 Å². The standard InChI is InChI=1S/C15H24N4O/c16-15(18-20)14-6-4-13(5-7-14)12-17-8-3-11-19-9-1-2-10-19/h4-7,17,20H,1-3,8-12H2,(H2,16,18). The lowest BCUT2D eigenvalue weighted by atomic mass is 10.1. The minimum absolute atomic E-state index is 0.148. The van der Waals surface area contributed by atoms with Gasteiger partial charge in [-0.3, -0.25) is 0 Å². The molecule has 5 nitrogen and oxygen atoms in total. The van der Waals surface area contributed by atoms with Crippen LogP contribution in [0.4, 0.5) is 0 Å². The minimum Gasteiger partial charge on any atom is -0.409 e. The van der Waals surface area contributed by atoms with Crippen molar-refractivity contribution in [2.24, 2.45) is 10.9 Å². The summed E-state index contributed by atoms with van der Waals surface area (Å²) in [6, 6.07) is 7.74. The lowest BCUT2D eigenvalue weighted by molar-refractivity contribution is 0.318. The quantitative estimate of drug-likeness (QED) is 0.231. The molecule has 1 aliphatic heterocycles. The summed E-state index contributed by atoms with van der Waals surface area (Å²) in [6.45, 7) is 5.65. The summed E-state index contributed by atoms with van der Waals surface area (Å²) in [4.78, 5) is 2.54. The highest BCUT2D eigenvalue weighted by Gasteiger charge is 2.09. The Hall–Kier alpha value is -1.59. The van der Waals surface area contributed by atoms with Crippen LogP contribution >= 0.6 is 0 Å². The molecule has 0 radical (unpaired) electrons. The highest BCUT2D eigenvalue weighted by Crippen LogP contribution is 2.07. The molecular weight excluding hydrogens is 252 g/mol. The SMILES string of the molecule is NC(=NO)c1ccc(CNCCCN2CCCC2)cc1. The van der Waals surface area contributed by atoms with Crippen molar-refractivity contribution in [3.8, 4) is 0 Å². The Bertz CT molecular complexity index is 424. The van der Waals surface area contributed by atoms with Gasteiger partial charge in [-0.05, 0) is 51.0 Å². The molecule has 0 amide bonds. The van der Waals surface area contributed by atoms with Gasteiger partial charge in [0.05, 0.1) is 0 Å². The molecule has 1 saturated heterocycles. The molecule has 4 N–H and O–H groups in total. The van der Waals surface area contributed by atoms with Gasteiger partial charge < -0.3 is 21.2 Å². The lowest BCUT2D eigenvalue weighted by Gasteiger charge is -2.14. The van der Waals surface area contributed by atoms with E-state index >= 15 is 0 Å². The maximum Gasteiger partial charge on any atom is 0.170 e. The molecule has 0 spiro atoms. The topological polar surface area (TPSA) is 73.9 Å². The number of nitrogens with two attached hydrogens (primary N) is 1. The predicted molar refractivity (Wildman–Crippen MR) is 81.0 cm³/mol. The summed E-state index contributed by atoms with van der Waals surface area (Å²) in [5.74, 6) is 0.148. The van der Waals surface area contributed by atoms with E-state index in [2.05, 4.69) is 15.4 Å². The van der Waals surface area contributed by atoms with Crippen LogP contribution < -0.4 is 11.1 Å². The molecule has 20 heavy (non-hydrogen) atoms. The van der Waals surface area contributed by atoms with Crippen LogP contribution in [0.15, 0.2) is 29.4 Å². The van der Waals surface area contributed by atoms with Crippen molar-refractivity contribution in [3.63, 3.8) is 0 Å². The molecule has 1 heterocycles. The second-order valence-corrected chi connectivity index (χ2v) is 5.26. The average Bonchev–Trinajstić information content (AvgIpc) is 3.00. The van der Waals surface area contributed by atoms with E-state index in [0.29, 0.717) is 0 Å². The van der Waals surface area contributed by atoms with Crippen molar-refractivity contribution in [1.29, 1.82) is 0 Å². The van der Waals surface area contributed by atoms with Gasteiger partial charge in [-0.15, -0.1) is 0 Å². The Balaban J connectivity index is 1.63. The van der Waals surface area contributed by atoms with E-state index in [4.69, 9.17) is 10.9 Å². The van der Waals surface area contributed by atoms with Crippen molar-refractivity contribution in [2.75, 3.05) is 26.2 Å². The van der Waals surface area contributed by atoms with Crippen molar-refractivity contribution in [3.05, 3.63) is 35.4 Å². The molecule has 0 saturated carbocycles. The maximum atomic E-state index is 8.59. The van der Waals surface area contributed by atoms with E-state index in [9.17, 15) is 0 Å². The van der Waals surface area contributed by atoms with Crippen LogP contribution in [-0.2, 0) is 6.54 Å². The summed E-state index contributed by atoms with van der Waals surface area (Å²) in [5.41, 5.74) is 7.47. The summed E-state index contributed by atoms with van der Waals surface area (Å²) < 4.78 is 0. The zero-order chi connectivity index (χ0) is 14.2. The zero-order valence-corrected chi connectivity index (χ0v) is 11.9. The molecule has 0 atom stereocenters. The second-order valence-electron chi connectivity index (χ2n) is 5.26. The molecule has 5 heteroatoms. The fourth-order valence-electron chi connectivity index (χ4n) is 2.52. The van der Waals surface area contributed by atoms with Gasteiger partial charge in [0.1, 0.15) is 0 Å². The molecule has 0 aliphatic carbocycles. The van der Waals surface area contributed by atoms with Gasteiger partial charge >= 0.3 is 0 Å². The summed E-state index contributed by atoms with van der Waals surface area (Å²) >= 11 is 0. The van der Waals surface area contributed by atoms with E-state index in [-0.39, 0.29) is 5.84 Å². The third-order valence-corrected chi connectivity index (χ3v) is 3.71. The Labute approximate surface area is 120 Å². The Morgan fingerprint density at radius 1 is 1.25 bits per heavy atom. The highest BCUT2D eigenvalue weighted by atomic mass is 16.4. The Morgan fingerprint density at radius 3 is 2.60 bits per heavy atom. The normalized spacial score (nSPS) is 16.7. The Kier molecular flexibility index (Phi) is 5.83. The zero-order valence-electron chi connectivity index (χ0n) is 11.9. The summed E-state index contributed by atoms with van der Waals surface area (Å²) in [6.07, 6.45) is 3.92. The van der Waals surface area contributed by atoms with Gasteiger partial charge in [0.2, 0.25) is 0 Å². The van der Waals surface area contributed by atoms with Crippen molar-refractivity contribution in [2.45, 2.75) is 25.8 Å². The molecule has 1 aromatic carbocycles. The van der Waals surface area contributed by atoms with Crippen LogP contribution in [-0.4, -0.2) is 42.1 Å². The van der Waals surface area contributed by atoms with Gasteiger partial charge in [0, 0.05) is 12.1 Å². The summed E-state index contributed by atoms with van der Waals surface area (Å²) in [7, 11) is 0. The van der Waals surface area contributed by atoms with Gasteiger partial charge in [0.15, 0.2) is 5.84 Å². The minimum atomic E-state index is 0.148. The number of benzene rings is 1. The van der Waals surface area contributed by atoms with Crippen molar-refractivity contribution in [1.82, 2.24) is 10.2 Å². The molecular formula is C15H24N4O. The van der Waals surface area contributed by atoms with Crippen LogP contribution in [0, 0.1) is 0 Å². The van der Waals surface area contributed by atoms with E-state index in [0.717, 1.165) is 18.7 Å². The molecule has 1 fully saturated rings. The third kappa shape index (κ3) is 4.51. The summed E-state index contributed by atoms with van der Waals surface area (Å²) in [5, 5.41) is 15.0. The smallest absolute Gasteiger partial charge is 0.170 e. The third-order valence-electron chi connectivity index (χ3n) is 3.71.